The molecule has 1 aromatic heterocycles. The molecule has 28 heavy (non-hydrogen) atoms. The quantitative estimate of drug-likeness (QED) is 0.342. The average Bonchev–Trinajstić information content (AvgIpc) is 3.09. The zero-order chi connectivity index (χ0) is 19.9. The van der Waals surface area contributed by atoms with Gasteiger partial charge in [-0.2, -0.15) is 0 Å². The summed E-state index contributed by atoms with van der Waals surface area (Å²) < 4.78 is 10.2. The molecule has 0 aromatic carbocycles. The van der Waals surface area contributed by atoms with Crippen LogP contribution >= 0.6 is 11.3 Å². The average molecular weight is 411 g/mol. The minimum absolute atomic E-state index is 0.402. The number of carbonyl (C=O) groups is 3. The number of carbonyl (C=O) groups excluding carboxylic acids is 3. The van der Waals surface area contributed by atoms with E-state index in [1.807, 2.05) is 0 Å². The van der Waals surface area contributed by atoms with Crippen molar-refractivity contribution in [3.05, 3.63) is 16.0 Å². The van der Waals surface area contributed by atoms with Gasteiger partial charge in [0.2, 0.25) is 0 Å². The zero-order valence-corrected chi connectivity index (χ0v) is 17.0. The molecule has 1 saturated heterocycles. The Hall–Kier alpha value is -1.97. The maximum atomic E-state index is 12.3. The van der Waals surface area contributed by atoms with Crippen molar-refractivity contribution >= 4 is 34.1 Å². The molecule has 0 unspecified atom stereocenters. The number of nitrogens with one attached hydrogen (secondary N) is 3. The molecule has 1 aliphatic carbocycles. The van der Waals surface area contributed by atoms with E-state index >= 15 is 0 Å². The number of anilines is 1. The van der Waals surface area contributed by atoms with E-state index in [1.54, 1.807) is 0 Å². The van der Waals surface area contributed by atoms with E-state index in [9.17, 15) is 14.4 Å². The maximum absolute atomic E-state index is 12.3. The highest BCUT2D eigenvalue weighted by atomic mass is 32.1. The lowest BCUT2D eigenvalue weighted by Crippen LogP contribution is -3.14. The first-order valence-electron chi connectivity index (χ1n) is 9.83. The number of thiophene rings is 1. The number of rotatable bonds is 6. The molecule has 0 saturated carbocycles. The van der Waals surface area contributed by atoms with Crippen LogP contribution in [-0.2, 0) is 31.9 Å². The lowest BCUT2D eigenvalue weighted by atomic mass is 9.95. The number of amides is 2. The van der Waals surface area contributed by atoms with Gasteiger partial charge in [0, 0.05) is 17.8 Å². The molecule has 0 spiro atoms. The highest BCUT2D eigenvalue weighted by Gasteiger charge is 2.28. The monoisotopic (exact) mass is 410 g/mol. The number of quaternary nitrogens is 1. The molecule has 0 bridgehead atoms. The van der Waals surface area contributed by atoms with Crippen LogP contribution in [0.4, 0.5) is 5.00 Å². The third-order valence-electron chi connectivity index (χ3n) is 5.19. The molecule has 2 heterocycles. The van der Waals surface area contributed by atoms with Crippen molar-refractivity contribution in [3.63, 3.8) is 0 Å². The fraction of sp³-hybridized carbons (Fsp3) is 0.632. The fourth-order valence-electron chi connectivity index (χ4n) is 3.66. The maximum Gasteiger partial charge on any atom is 0.341 e. The Balaban J connectivity index is 1.52. The van der Waals surface area contributed by atoms with Gasteiger partial charge in [-0.05, 0) is 31.2 Å². The second kappa shape index (κ2) is 9.99. The van der Waals surface area contributed by atoms with Gasteiger partial charge in [-0.1, -0.05) is 0 Å². The van der Waals surface area contributed by atoms with Crippen LogP contribution in [0.15, 0.2) is 0 Å². The summed E-state index contributed by atoms with van der Waals surface area (Å²) in [6.07, 6.45) is 4.55. The molecule has 154 valence electrons. The first-order chi connectivity index (χ1) is 13.6. The predicted octanol–water partition coefficient (Wildman–Crippen LogP) is -0.227. The van der Waals surface area contributed by atoms with Gasteiger partial charge < -0.3 is 25.0 Å². The minimum atomic E-state index is -0.748. The third-order valence-corrected chi connectivity index (χ3v) is 6.39. The van der Waals surface area contributed by atoms with Gasteiger partial charge in [-0.25, -0.2) is 4.79 Å². The van der Waals surface area contributed by atoms with Crippen LogP contribution in [0.5, 0.6) is 0 Å². The first kappa shape index (κ1) is 20.8. The Morgan fingerprint density at radius 3 is 2.64 bits per heavy atom. The van der Waals surface area contributed by atoms with E-state index in [1.165, 1.54) is 23.3 Å². The van der Waals surface area contributed by atoms with E-state index in [4.69, 9.17) is 9.47 Å². The van der Waals surface area contributed by atoms with Gasteiger partial charge in [0.25, 0.3) is 0 Å². The van der Waals surface area contributed by atoms with E-state index in [0.29, 0.717) is 17.1 Å². The van der Waals surface area contributed by atoms with E-state index in [-0.39, 0.29) is 0 Å². The van der Waals surface area contributed by atoms with E-state index in [2.05, 4.69) is 10.6 Å². The number of hydrogen-bond acceptors (Lipinski definition) is 6. The van der Waals surface area contributed by atoms with Gasteiger partial charge >= 0.3 is 17.8 Å². The molecule has 3 rings (SSSR count). The number of hydrogen-bond donors (Lipinski definition) is 3. The van der Waals surface area contributed by atoms with Crippen LogP contribution in [0, 0.1) is 0 Å². The summed E-state index contributed by atoms with van der Waals surface area (Å²) in [4.78, 5) is 39.2. The largest absolute Gasteiger partial charge is 0.465 e. The molecule has 9 heteroatoms. The van der Waals surface area contributed by atoms with Crippen LogP contribution in [-0.4, -0.2) is 64.3 Å². The molecule has 0 radical (unpaired) electrons. The number of ether oxygens (including phenoxy) is 2. The number of aryl methyl sites for hydroxylation is 1. The van der Waals surface area contributed by atoms with Crippen LogP contribution in [0.25, 0.3) is 0 Å². The lowest BCUT2D eigenvalue weighted by Gasteiger charge is -2.23. The Morgan fingerprint density at radius 2 is 1.89 bits per heavy atom. The fourth-order valence-corrected chi connectivity index (χ4v) is 4.93. The Bertz CT molecular complexity index is 727. The van der Waals surface area contributed by atoms with Crippen LogP contribution in [0.2, 0.25) is 0 Å². The van der Waals surface area contributed by atoms with Crippen molar-refractivity contribution in [1.29, 1.82) is 0 Å². The van der Waals surface area contributed by atoms with Crippen molar-refractivity contribution in [2.75, 3.05) is 51.8 Å². The van der Waals surface area contributed by atoms with Gasteiger partial charge in [0.05, 0.1) is 32.4 Å². The third kappa shape index (κ3) is 5.09. The summed E-state index contributed by atoms with van der Waals surface area (Å²) in [5, 5.41) is 5.69. The van der Waals surface area contributed by atoms with Gasteiger partial charge in [-0.15, -0.1) is 11.3 Å². The molecule has 2 aliphatic rings. The molecule has 3 N–H and O–H groups in total. The van der Waals surface area contributed by atoms with Crippen molar-refractivity contribution in [1.82, 2.24) is 5.32 Å². The second-order valence-corrected chi connectivity index (χ2v) is 8.19. The molecular weight excluding hydrogens is 382 g/mol. The van der Waals surface area contributed by atoms with Crippen molar-refractivity contribution < 1.29 is 28.8 Å². The summed E-state index contributed by atoms with van der Waals surface area (Å²) in [5.41, 5.74) is 1.35. The number of esters is 1. The zero-order valence-electron chi connectivity index (χ0n) is 16.2. The van der Waals surface area contributed by atoms with Gasteiger partial charge in [-0.3, -0.25) is 9.59 Å². The number of methoxy groups -OCH3 is 1. The standard InChI is InChI=1S/C19H27N3O5S/c1-26-19(25)15-13-5-2-3-6-14(13)28-18(15)21-17(24)16(23)20-7-4-8-22-9-11-27-12-10-22/h2-12H2,1H3,(H,20,23)(H,21,24)/p+1. The summed E-state index contributed by atoms with van der Waals surface area (Å²) in [5.74, 6) is -1.90. The van der Waals surface area contributed by atoms with Crippen LogP contribution < -0.4 is 15.5 Å². The van der Waals surface area contributed by atoms with E-state index < -0.39 is 17.8 Å². The van der Waals surface area contributed by atoms with Crippen molar-refractivity contribution in [2.45, 2.75) is 32.1 Å². The molecular formula is C19H28N3O5S+. The highest BCUT2D eigenvalue weighted by molar-refractivity contribution is 7.17. The predicted molar refractivity (Wildman–Crippen MR) is 105 cm³/mol. The van der Waals surface area contributed by atoms with E-state index in [0.717, 1.165) is 75.4 Å². The molecule has 1 fully saturated rings. The molecule has 1 aromatic rings. The van der Waals surface area contributed by atoms with Crippen molar-refractivity contribution in [2.24, 2.45) is 0 Å². The summed E-state index contributed by atoms with van der Waals surface area (Å²) in [6, 6.07) is 0. The van der Waals surface area contributed by atoms with Gasteiger partial charge in [0.1, 0.15) is 18.1 Å². The minimum Gasteiger partial charge on any atom is -0.465 e. The van der Waals surface area contributed by atoms with Crippen LogP contribution in [0.1, 0.15) is 40.1 Å². The number of fused-ring (bicyclic) bond motifs is 1. The summed E-state index contributed by atoms with van der Waals surface area (Å²) >= 11 is 1.37. The SMILES string of the molecule is COC(=O)c1c(NC(=O)C(=O)NCCC[NH+]2CCOCC2)sc2c1CCCC2. The Labute approximate surface area is 168 Å². The first-order valence-corrected chi connectivity index (χ1v) is 10.6. The molecule has 8 nitrogen and oxygen atoms in total. The Morgan fingerprint density at radius 1 is 1.14 bits per heavy atom. The molecule has 2 amide bonds. The lowest BCUT2D eigenvalue weighted by molar-refractivity contribution is -0.908. The number of morpholine rings is 1. The summed E-state index contributed by atoms with van der Waals surface area (Å²) in [6.45, 7) is 4.90. The summed E-state index contributed by atoms with van der Waals surface area (Å²) in [7, 11) is 1.32. The molecule has 0 atom stereocenters. The second-order valence-electron chi connectivity index (χ2n) is 7.08. The van der Waals surface area contributed by atoms with Crippen molar-refractivity contribution in [3.8, 4) is 0 Å². The highest BCUT2D eigenvalue weighted by Crippen LogP contribution is 2.38. The van der Waals surface area contributed by atoms with Gasteiger partial charge in [0.15, 0.2) is 0 Å². The topological polar surface area (TPSA) is 98.2 Å². The van der Waals surface area contributed by atoms with Crippen LogP contribution in [0.3, 0.4) is 0 Å². The Kier molecular flexibility index (Phi) is 7.41. The molecule has 1 aliphatic heterocycles. The normalized spacial score (nSPS) is 16.9. The smallest absolute Gasteiger partial charge is 0.341 e.